The van der Waals surface area contributed by atoms with Crippen LogP contribution in [-0.4, -0.2) is 32.3 Å². The molecule has 4 nitrogen and oxygen atoms in total. The summed E-state index contributed by atoms with van der Waals surface area (Å²) in [4.78, 5) is 3.99. The van der Waals surface area contributed by atoms with Gasteiger partial charge in [-0.2, -0.15) is 13.2 Å². The van der Waals surface area contributed by atoms with Crippen LogP contribution in [0.3, 0.4) is 0 Å². The molecule has 0 aliphatic rings. The van der Waals surface area contributed by atoms with E-state index in [0.29, 0.717) is 24.6 Å². The highest BCUT2D eigenvalue weighted by Crippen LogP contribution is 2.15. The molecule has 0 aliphatic carbocycles. The monoisotopic (exact) mass is 313 g/mol. The van der Waals surface area contributed by atoms with Crippen molar-refractivity contribution in [3.05, 3.63) is 35.4 Å². The molecule has 2 N–H and O–H groups in total. The number of hydrogen-bond donors (Lipinski definition) is 2. The van der Waals surface area contributed by atoms with Crippen LogP contribution < -0.4 is 10.6 Å². The van der Waals surface area contributed by atoms with Crippen molar-refractivity contribution < 1.29 is 17.9 Å². The molecule has 1 rings (SSSR count). The fourth-order valence-corrected chi connectivity index (χ4v) is 1.58. The van der Waals surface area contributed by atoms with E-state index in [1.54, 1.807) is 19.2 Å². The first kappa shape index (κ1) is 17.9. The molecule has 0 radical (unpaired) electrons. The number of guanidine groups is 1. The van der Waals surface area contributed by atoms with Gasteiger partial charge < -0.3 is 15.4 Å². The molecule has 120 valence electrons. The second kappa shape index (κ2) is 8.95. The summed E-state index contributed by atoms with van der Waals surface area (Å²) in [5, 5.41) is 5.99. The van der Waals surface area contributed by atoms with Gasteiger partial charge in [0.05, 0.1) is 13.2 Å². The number of alkyl halides is 3. The number of aliphatic imine (C=N–C) groups is 1. The molecule has 0 atom stereocenters. The van der Waals surface area contributed by atoms with Crippen molar-refractivity contribution >= 4 is 5.96 Å². The van der Waals surface area contributed by atoms with Crippen molar-refractivity contribution in [3.8, 4) is 12.3 Å². The van der Waals surface area contributed by atoms with Crippen molar-refractivity contribution in [1.29, 1.82) is 0 Å². The van der Waals surface area contributed by atoms with Crippen LogP contribution in [0.2, 0.25) is 0 Å². The summed E-state index contributed by atoms with van der Waals surface area (Å²) in [6.07, 6.45) is 0.844. The van der Waals surface area contributed by atoms with Crippen molar-refractivity contribution in [2.45, 2.75) is 19.3 Å². The number of halogens is 3. The van der Waals surface area contributed by atoms with Crippen LogP contribution >= 0.6 is 0 Å². The van der Waals surface area contributed by atoms with E-state index in [2.05, 4.69) is 26.3 Å². The summed E-state index contributed by atoms with van der Waals surface area (Å²) in [7, 11) is 1.63. The maximum atomic E-state index is 12.0. The zero-order valence-corrected chi connectivity index (χ0v) is 12.2. The Morgan fingerprint density at radius 1 is 1.23 bits per heavy atom. The van der Waals surface area contributed by atoms with Gasteiger partial charge in [0.15, 0.2) is 5.96 Å². The zero-order chi connectivity index (χ0) is 16.4. The summed E-state index contributed by atoms with van der Waals surface area (Å²) in [5.41, 5.74) is 1.64. The molecular formula is C15H18F3N3O. The van der Waals surface area contributed by atoms with Gasteiger partial charge in [0, 0.05) is 13.6 Å². The first-order valence-corrected chi connectivity index (χ1v) is 6.55. The van der Waals surface area contributed by atoms with Gasteiger partial charge in [-0.15, -0.1) is 6.42 Å². The van der Waals surface area contributed by atoms with Crippen LogP contribution in [0.4, 0.5) is 13.2 Å². The predicted octanol–water partition coefficient (Wildman–Crippen LogP) is 2.06. The van der Waals surface area contributed by atoms with Crippen LogP contribution in [-0.2, 0) is 17.9 Å². The second-order valence-electron chi connectivity index (χ2n) is 4.41. The fraction of sp³-hybridized carbons (Fsp3) is 0.400. The number of ether oxygens (including phenoxy) is 1. The van der Waals surface area contributed by atoms with Gasteiger partial charge in [0.2, 0.25) is 0 Å². The van der Waals surface area contributed by atoms with Crippen LogP contribution in [0.15, 0.2) is 29.3 Å². The SMILES string of the molecule is C#CCNC(=NC)NCc1ccc(COCC(F)(F)F)cc1. The summed E-state index contributed by atoms with van der Waals surface area (Å²) in [5.74, 6) is 3.02. The van der Waals surface area contributed by atoms with E-state index < -0.39 is 12.8 Å². The van der Waals surface area contributed by atoms with Gasteiger partial charge in [-0.25, -0.2) is 0 Å². The lowest BCUT2D eigenvalue weighted by Gasteiger charge is -2.11. The second-order valence-corrected chi connectivity index (χ2v) is 4.41. The molecule has 22 heavy (non-hydrogen) atoms. The molecular weight excluding hydrogens is 295 g/mol. The molecule has 0 saturated heterocycles. The Balaban J connectivity index is 2.40. The average Bonchev–Trinajstić information content (AvgIpc) is 2.47. The molecule has 1 aromatic carbocycles. The Morgan fingerprint density at radius 3 is 2.41 bits per heavy atom. The number of benzene rings is 1. The van der Waals surface area contributed by atoms with E-state index in [4.69, 9.17) is 6.42 Å². The Morgan fingerprint density at radius 2 is 1.86 bits per heavy atom. The Kier molecular flexibility index (Phi) is 7.26. The van der Waals surface area contributed by atoms with E-state index in [1.165, 1.54) is 0 Å². The van der Waals surface area contributed by atoms with Gasteiger partial charge in [-0.05, 0) is 11.1 Å². The number of nitrogens with zero attached hydrogens (tertiary/aromatic N) is 1. The molecule has 0 heterocycles. The predicted molar refractivity (Wildman–Crippen MR) is 79.2 cm³/mol. The minimum atomic E-state index is -4.30. The molecule has 1 aromatic rings. The quantitative estimate of drug-likeness (QED) is 0.480. The van der Waals surface area contributed by atoms with Gasteiger partial charge in [-0.1, -0.05) is 30.2 Å². The normalized spacial score (nSPS) is 11.9. The van der Waals surface area contributed by atoms with E-state index >= 15 is 0 Å². The summed E-state index contributed by atoms with van der Waals surface area (Å²) >= 11 is 0. The van der Waals surface area contributed by atoms with E-state index in [-0.39, 0.29) is 6.61 Å². The number of rotatable bonds is 6. The third-order valence-corrected chi connectivity index (χ3v) is 2.60. The summed E-state index contributed by atoms with van der Waals surface area (Å²) in [6, 6.07) is 7.08. The van der Waals surface area contributed by atoms with Crippen molar-refractivity contribution in [2.24, 2.45) is 4.99 Å². The molecule has 0 bridgehead atoms. The van der Waals surface area contributed by atoms with Crippen molar-refractivity contribution in [3.63, 3.8) is 0 Å². The molecule has 0 fully saturated rings. The molecule has 7 heteroatoms. The Hall–Kier alpha value is -2.20. The standard InChI is InChI=1S/C15H18F3N3O/c1-3-8-20-14(19-2)21-9-12-4-6-13(7-5-12)10-22-11-15(16,17)18/h1,4-7H,8-11H2,2H3,(H2,19,20,21). The Labute approximate surface area is 127 Å². The molecule has 0 amide bonds. The maximum absolute atomic E-state index is 12.0. The molecule has 0 spiro atoms. The van der Waals surface area contributed by atoms with Crippen LogP contribution in [0.25, 0.3) is 0 Å². The maximum Gasteiger partial charge on any atom is 0.411 e. The molecule has 0 aliphatic heterocycles. The highest BCUT2D eigenvalue weighted by Gasteiger charge is 2.27. The van der Waals surface area contributed by atoms with E-state index in [9.17, 15) is 13.2 Å². The lowest BCUT2D eigenvalue weighted by atomic mass is 10.1. The van der Waals surface area contributed by atoms with Crippen LogP contribution in [0, 0.1) is 12.3 Å². The van der Waals surface area contributed by atoms with Crippen LogP contribution in [0.5, 0.6) is 0 Å². The largest absolute Gasteiger partial charge is 0.411 e. The van der Waals surface area contributed by atoms with E-state index in [1.807, 2.05) is 12.1 Å². The lowest BCUT2D eigenvalue weighted by Crippen LogP contribution is -2.36. The summed E-state index contributed by atoms with van der Waals surface area (Å²) < 4.78 is 40.5. The van der Waals surface area contributed by atoms with Crippen molar-refractivity contribution in [2.75, 3.05) is 20.2 Å². The highest BCUT2D eigenvalue weighted by molar-refractivity contribution is 5.79. The van der Waals surface area contributed by atoms with E-state index in [0.717, 1.165) is 5.56 Å². The molecule has 0 saturated carbocycles. The minimum absolute atomic E-state index is 0.0708. The van der Waals surface area contributed by atoms with Gasteiger partial charge in [0.25, 0.3) is 0 Å². The Bertz CT molecular complexity index is 518. The average molecular weight is 313 g/mol. The zero-order valence-electron chi connectivity index (χ0n) is 12.2. The minimum Gasteiger partial charge on any atom is -0.367 e. The first-order valence-electron chi connectivity index (χ1n) is 6.55. The third kappa shape index (κ3) is 7.55. The number of terminal acetylenes is 1. The number of hydrogen-bond acceptors (Lipinski definition) is 2. The molecule has 0 aromatic heterocycles. The fourth-order valence-electron chi connectivity index (χ4n) is 1.58. The summed E-state index contributed by atoms with van der Waals surface area (Å²) in [6.45, 7) is -0.421. The van der Waals surface area contributed by atoms with Crippen molar-refractivity contribution in [1.82, 2.24) is 10.6 Å². The van der Waals surface area contributed by atoms with Crippen LogP contribution in [0.1, 0.15) is 11.1 Å². The molecule has 0 unspecified atom stereocenters. The smallest absolute Gasteiger partial charge is 0.367 e. The highest BCUT2D eigenvalue weighted by atomic mass is 19.4. The lowest BCUT2D eigenvalue weighted by molar-refractivity contribution is -0.176. The topological polar surface area (TPSA) is 45.7 Å². The van der Waals surface area contributed by atoms with Gasteiger partial charge >= 0.3 is 6.18 Å². The van der Waals surface area contributed by atoms with Gasteiger partial charge in [0.1, 0.15) is 6.61 Å². The number of nitrogens with one attached hydrogen (secondary N) is 2. The first-order chi connectivity index (χ1) is 10.4. The third-order valence-electron chi connectivity index (χ3n) is 2.60. The van der Waals surface area contributed by atoms with Gasteiger partial charge in [-0.3, -0.25) is 4.99 Å².